The summed E-state index contributed by atoms with van der Waals surface area (Å²) in [5, 5.41) is 5.13. The van der Waals surface area contributed by atoms with Gasteiger partial charge in [-0.3, -0.25) is 9.59 Å². The number of anilines is 2. The Bertz CT molecular complexity index is 1340. The van der Waals surface area contributed by atoms with E-state index in [9.17, 15) is 9.59 Å². The smallest absolute Gasteiger partial charge is 0.258 e. The molecule has 4 nitrogen and oxygen atoms in total. The fraction of sp³-hybridized carbons (Fsp3) is 0.172. The van der Waals surface area contributed by atoms with Gasteiger partial charge in [-0.05, 0) is 77.2 Å². The summed E-state index contributed by atoms with van der Waals surface area (Å²) in [4.78, 5) is 29.8. The molecule has 0 saturated carbocycles. The molecule has 34 heavy (non-hydrogen) atoms. The van der Waals surface area contributed by atoms with Crippen LogP contribution < -0.4 is 10.2 Å². The number of rotatable bonds is 3. The zero-order valence-electron chi connectivity index (χ0n) is 18.7. The van der Waals surface area contributed by atoms with Crippen molar-refractivity contribution in [2.45, 2.75) is 25.2 Å². The second kappa shape index (κ2) is 8.58. The Kier molecular flexibility index (Phi) is 5.27. The van der Waals surface area contributed by atoms with Gasteiger partial charge in [-0.25, -0.2) is 0 Å². The van der Waals surface area contributed by atoms with E-state index in [2.05, 4.69) is 28.9 Å². The number of nitrogens with one attached hydrogen (secondary N) is 1. The Morgan fingerprint density at radius 1 is 0.824 bits per heavy atom. The van der Waals surface area contributed by atoms with E-state index in [1.54, 1.807) is 11.3 Å². The van der Waals surface area contributed by atoms with Crippen LogP contribution in [0.25, 0.3) is 11.1 Å². The maximum Gasteiger partial charge on any atom is 0.258 e. The van der Waals surface area contributed by atoms with E-state index in [0.29, 0.717) is 11.3 Å². The molecular formula is C29H24N2O2S. The third-order valence-corrected chi connectivity index (χ3v) is 7.76. The number of nitrogens with zero attached hydrogens (tertiary/aromatic N) is 1. The summed E-state index contributed by atoms with van der Waals surface area (Å²) in [5.41, 5.74) is 6.66. The number of aryl methyl sites for hydroxylation is 1. The minimum Gasteiger partial charge on any atom is -0.325 e. The van der Waals surface area contributed by atoms with Crippen LogP contribution in [0.15, 0.2) is 84.2 Å². The van der Waals surface area contributed by atoms with Crippen LogP contribution >= 0.6 is 11.3 Å². The van der Waals surface area contributed by atoms with Gasteiger partial charge in [0, 0.05) is 22.7 Å². The summed E-state index contributed by atoms with van der Waals surface area (Å²) < 4.78 is 0. The van der Waals surface area contributed by atoms with Gasteiger partial charge in [0.2, 0.25) is 5.91 Å². The highest BCUT2D eigenvalue weighted by Gasteiger charge is 2.33. The summed E-state index contributed by atoms with van der Waals surface area (Å²) in [7, 11) is 0. The summed E-state index contributed by atoms with van der Waals surface area (Å²) in [5.74, 6) is -0.396. The molecule has 0 radical (unpaired) electrons. The van der Waals surface area contributed by atoms with Crippen LogP contribution in [0, 0.1) is 0 Å². The lowest BCUT2D eigenvalue weighted by Gasteiger charge is -2.21. The molecule has 0 spiro atoms. The van der Waals surface area contributed by atoms with Crippen molar-refractivity contribution in [1.82, 2.24) is 0 Å². The molecule has 0 unspecified atom stereocenters. The molecule has 0 bridgehead atoms. The molecule has 168 valence electrons. The second-order valence-corrected chi connectivity index (χ2v) is 9.82. The number of amides is 2. The first-order valence-corrected chi connectivity index (χ1v) is 12.6. The molecule has 6 rings (SSSR count). The van der Waals surface area contributed by atoms with E-state index in [0.717, 1.165) is 53.7 Å². The van der Waals surface area contributed by atoms with Crippen LogP contribution in [0.3, 0.4) is 0 Å². The standard InChI is InChI=1S/C29H24N2O2S/c32-28(27-23-9-3-1-7-21(23)22-8-2-4-10-24(22)27)30-20-14-12-19(13-15-20)29(33)31-17-6-5-11-26-25(31)16-18-34-26/h1-4,7-10,12-16,18,27H,5-6,11,17H2,(H,30,32). The van der Waals surface area contributed by atoms with Crippen LogP contribution in [-0.2, 0) is 11.2 Å². The van der Waals surface area contributed by atoms with Crippen molar-refractivity contribution < 1.29 is 9.59 Å². The summed E-state index contributed by atoms with van der Waals surface area (Å²) >= 11 is 1.73. The fourth-order valence-corrected chi connectivity index (χ4v) is 6.08. The Morgan fingerprint density at radius 2 is 1.50 bits per heavy atom. The highest BCUT2D eigenvalue weighted by atomic mass is 32.1. The third kappa shape index (κ3) is 3.53. The summed E-state index contributed by atoms with van der Waals surface area (Å²) in [6.45, 7) is 0.738. The number of hydrogen-bond donors (Lipinski definition) is 1. The molecule has 1 aliphatic carbocycles. The van der Waals surface area contributed by atoms with Crippen molar-refractivity contribution in [1.29, 1.82) is 0 Å². The highest BCUT2D eigenvalue weighted by molar-refractivity contribution is 7.10. The van der Waals surface area contributed by atoms with Crippen molar-refractivity contribution in [2.24, 2.45) is 0 Å². The van der Waals surface area contributed by atoms with Crippen molar-refractivity contribution in [3.05, 3.63) is 106 Å². The van der Waals surface area contributed by atoms with Gasteiger partial charge in [-0.15, -0.1) is 11.3 Å². The number of benzene rings is 3. The molecule has 1 aliphatic heterocycles. The van der Waals surface area contributed by atoms with Crippen LogP contribution in [0.1, 0.15) is 45.1 Å². The summed E-state index contributed by atoms with van der Waals surface area (Å²) in [6.07, 6.45) is 3.15. The van der Waals surface area contributed by atoms with Crippen LogP contribution in [-0.4, -0.2) is 18.4 Å². The molecule has 4 aromatic rings. The van der Waals surface area contributed by atoms with E-state index >= 15 is 0 Å². The van der Waals surface area contributed by atoms with Gasteiger partial charge in [0.25, 0.3) is 5.91 Å². The lowest BCUT2D eigenvalue weighted by molar-refractivity contribution is -0.116. The molecular weight excluding hydrogens is 440 g/mol. The molecule has 3 aromatic carbocycles. The molecule has 1 N–H and O–H groups in total. The van der Waals surface area contributed by atoms with Gasteiger partial charge in [-0.1, -0.05) is 48.5 Å². The lowest BCUT2D eigenvalue weighted by Crippen LogP contribution is -2.31. The monoisotopic (exact) mass is 464 g/mol. The van der Waals surface area contributed by atoms with Gasteiger partial charge >= 0.3 is 0 Å². The average Bonchev–Trinajstić information content (AvgIpc) is 3.41. The number of fused-ring (bicyclic) bond motifs is 4. The zero-order chi connectivity index (χ0) is 23.1. The SMILES string of the molecule is O=C(Nc1ccc(C(=O)N2CCCCc3sccc32)cc1)C1c2ccccc2-c2ccccc21. The maximum absolute atomic E-state index is 13.4. The van der Waals surface area contributed by atoms with Gasteiger partial charge < -0.3 is 10.2 Å². The first-order valence-electron chi connectivity index (χ1n) is 11.7. The van der Waals surface area contributed by atoms with Crippen LogP contribution in [0.4, 0.5) is 11.4 Å². The Balaban J connectivity index is 1.23. The van der Waals surface area contributed by atoms with E-state index in [-0.39, 0.29) is 17.7 Å². The van der Waals surface area contributed by atoms with Crippen LogP contribution in [0.2, 0.25) is 0 Å². The molecule has 2 aliphatic rings. The van der Waals surface area contributed by atoms with Crippen molar-refractivity contribution >= 4 is 34.5 Å². The van der Waals surface area contributed by atoms with E-state index < -0.39 is 0 Å². The normalized spacial score (nSPS) is 14.6. The van der Waals surface area contributed by atoms with Crippen molar-refractivity contribution in [2.75, 3.05) is 16.8 Å². The molecule has 5 heteroatoms. The quantitative estimate of drug-likeness (QED) is 0.377. The Morgan fingerprint density at radius 3 is 2.21 bits per heavy atom. The minimum absolute atomic E-state index is 0.0121. The van der Waals surface area contributed by atoms with Gasteiger partial charge in [0.1, 0.15) is 0 Å². The summed E-state index contributed by atoms with van der Waals surface area (Å²) in [6, 6.07) is 25.5. The molecule has 1 aromatic heterocycles. The largest absolute Gasteiger partial charge is 0.325 e. The van der Waals surface area contributed by atoms with E-state index in [1.165, 1.54) is 4.88 Å². The second-order valence-electron chi connectivity index (χ2n) is 8.82. The molecule has 0 saturated heterocycles. The Hall–Kier alpha value is -3.70. The lowest BCUT2D eigenvalue weighted by atomic mass is 9.96. The number of thiophene rings is 1. The van der Waals surface area contributed by atoms with Gasteiger partial charge in [-0.2, -0.15) is 0 Å². The molecule has 2 amide bonds. The predicted octanol–water partition coefficient (Wildman–Crippen LogP) is 6.48. The topological polar surface area (TPSA) is 49.4 Å². The first-order chi connectivity index (χ1) is 16.7. The fourth-order valence-electron chi connectivity index (χ4n) is 5.15. The zero-order valence-corrected chi connectivity index (χ0v) is 19.5. The third-order valence-electron chi connectivity index (χ3n) is 6.79. The van der Waals surface area contributed by atoms with Crippen molar-refractivity contribution in [3.8, 4) is 11.1 Å². The molecule has 0 atom stereocenters. The van der Waals surface area contributed by atoms with E-state index in [1.807, 2.05) is 65.6 Å². The number of hydrogen-bond acceptors (Lipinski definition) is 3. The number of carbonyl (C=O) groups is 2. The molecule has 2 heterocycles. The Labute approximate surface area is 202 Å². The van der Waals surface area contributed by atoms with Gasteiger partial charge in [0.15, 0.2) is 0 Å². The highest BCUT2D eigenvalue weighted by Crippen LogP contribution is 2.45. The van der Waals surface area contributed by atoms with Crippen LogP contribution in [0.5, 0.6) is 0 Å². The molecule has 0 fully saturated rings. The average molecular weight is 465 g/mol. The predicted molar refractivity (Wildman–Crippen MR) is 138 cm³/mol. The number of carbonyl (C=O) groups excluding carboxylic acids is 2. The minimum atomic E-state index is -0.345. The van der Waals surface area contributed by atoms with Gasteiger partial charge in [0.05, 0.1) is 11.6 Å². The maximum atomic E-state index is 13.4. The van der Waals surface area contributed by atoms with E-state index in [4.69, 9.17) is 0 Å². The van der Waals surface area contributed by atoms with Crippen molar-refractivity contribution in [3.63, 3.8) is 0 Å². The first kappa shape index (κ1) is 20.9.